The summed E-state index contributed by atoms with van der Waals surface area (Å²) in [6.45, 7) is 4.77. The molecule has 0 unspecified atom stereocenters. The van der Waals surface area contributed by atoms with Crippen LogP contribution in [0, 0.1) is 0 Å². The molecule has 1 aromatic rings. The molecule has 1 aromatic carbocycles. The maximum atomic E-state index is 5.66. The largest absolute Gasteiger partial charge is 0.493 e. The lowest BCUT2D eigenvalue weighted by Gasteiger charge is -2.16. The van der Waals surface area contributed by atoms with E-state index in [1.165, 1.54) is 0 Å². The summed E-state index contributed by atoms with van der Waals surface area (Å²) in [5, 5.41) is 1.92. The first-order valence-corrected chi connectivity index (χ1v) is 5.77. The van der Waals surface area contributed by atoms with Gasteiger partial charge in [0.05, 0.1) is 13.2 Å². The molecule has 0 bridgehead atoms. The highest BCUT2D eigenvalue weighted by Gasteiger charge is 2.07. The van der Waals surface area contributed by atoms with Crippen LogP contribution in [-0.2, 0) is 6.54 Å². The second kappa shape index (κ2) is 6.47. The molecule has 0 amide bonds. The number of hydrazine groups is 1. The van der Waals surface area contributed by atoms with Crippen molar-refractivity contribution in [3.63, 3.8) is 0 Å². The lowest BCUT2D eigenvalue weighted by Crippen LogP contribution is -2.29. The Morgan fingerprint density at radius 1 is 1.24 bits per heavy atom. The van der Waals surface area contributed by atoms with Gasteiger partial charge in [-0.1, -0.05) is 6.07 Å². The van der Waals surface area contributed by atoms with E-state index in [1.54, 1.807) is 7.11 Å². The number of benzene rings is 1. The van der Waals surface area contributed by atoms with Crippen LogP contribution in [0.15, 0.2) is 18.2 Å². The number of ether oxygens (including phenoxy) is 2. The van der Waals surface area contributed by atoms with Gasteiger partial charge >= 0.3 is 0 Å². The van der Waals surface area contributed by atoms with Crippen molar-refractivity contribution >= 4 is 0 Å². The smallest absolute Gasteiger partial charge is 0.161 e. The third kappa shape index (κ3) is 4.63. The van der Waals surface area contributed by atoms with Crippen molar-refractivity contribution in [3.8, 4) is 11.5 Å². The first kappa shape index (κ1) is 13.8. The summed E-state index contributed by atoms with van der Waals surface area (Å²) in [5.74, 6) is 1.56. The molecule has 0 radical (unpaired) electrons. The molecule has 4 heteroatoms. The summed E-state index contributed by atoms with van der Waals surface area (Å²) in [4.78, 5) is 0. The Hall–Kier alpha value is -1.26. The van der Waals surface area contributed by atoms with Crippen molar-refractivity contribution in [2.45, 2.75) is 26.5 Å². The first-order chi connectivity index (χ1) is 8.02. The summed E-state index contributed by atoms with van der Waals surface area (Å²) in [5.41, 5.74) is 4.37. The normalized spacial score (nSPS) is 11.0. The van der Waals surface area contributed by atoms with E-state index >= 15 is 0 Å². The van der Waals surface area contributed by atoms with Gasteiger partial charge in [-0.3, -0.25) is 10.4 Å². The fraction of sp³-hybridized carbons (Fsp3) is 0.538. The summed E-state index contributed by atoms with van der Waals surface area (Å²) in [7, 11) is 5.59. The first-order valence-electron chi connectivity index (χ1n) is 5.77. The van der Waals surface area contributed by atoms with Crippen LogP contribution in [0.4, 0.5) is 0 Å². The minimum absolute atomic E-state index is 0.148. The molecule has 1 rings (SSSR count). The van der Waals surface area contributed by atoms with Crippen LogP contribution in [0.25, 0.3) is 0 Å². The molecule has 0 aliphatic rings. The van der Waals surface area contributed by atoms with Gasteiger partial charge in [-0.05, 0) is 31.5 Å². The zero-order chi connectivity index (χ0) is 12.8. The quantitative estimate of drug-likeness (QED) is 0.769. The van der Waals surface area contributed by atoms with E-state index < -0.39 is 0 Å². The van der Waals surface area contributed by atoms with Gasteiger partial charge in [-0.25, -0.2) is 0 Å². The summed E-state index contributed by atoms with van der Waals surface area (Å²) < 4.78 is 11.0. The van der Waals surface area contributed by atoms with Gasteiger partial charge in [-0.15, -0.1) is 0 Å². The van der Waals surface area contributed by atoms with Crippen LogP contribution in [0.2, 0.25) is 0 Å². The molecule has 0 fully saturated rings. The van der Waals surface area contributed by atoms with E-state index in [-0.39, 0.29) is 6.10 Å². The summed E-state index contributed by atoms with van der Waals surface area (Å²) in [6, 6.07) is 5.98. The van der Waals surface area contributed by atoms with Crippen LogP contribution in [0.5, 0.6) is 11.5 Å². The second-order valence-electron chi connectivity index (χ2n) is 4.38. The van der Waals surface area contributed by atoms with Gasteiger partial charge in [0.2, 0.25) is 0 Å². The summed E-state index contributed by atoms with van der Waals surface area (Å²) in [6.07, 6.45) is 0.148. The van der Waals surface area contributed by atoms with Gasteiger partial charge in [-0.2, -0.15) is 0 Å². The highest BCUT2D eigenvalue weighted by Crippen LogP contribution is 2.28. The minimum atomic E-state index is 0.148. The van der Waals surface area contributed by atoms with Crippen molar-refractivity contribution in [3.05, 3.63) is 23.8 Å². The molecule has 4 nitrogen and oxygen atoms in total. The Balaban J connectivity index is 2.77. The number of hydrogen-bond acceptors (Lipinski definition) is 4. The third-order valence-corrected chi connectivity index (χ3v) is 2.19. The Morgan fingerprint density at radius 2 is 1.94 bits per heavy atom. The summed E-state index contributed by atoms with van der Waals surface area (Å²) >= 11 is 0. The third-order valence-electron chi connectivity index (χ3n) is 2.19. The number of nitrogens with one attached hydrogen (secondary N) is 1. The SMILES string of the molecule is COc1cc(CNN(C)C)ccc1OC(C)C. The van der Waals surface area contributed by atoms with E-state index in [1.807, 2.05) is 51.2 Å². The lowest BCUT2D eigenvalue weighted by atomic mass is 10.2. The predicted molar refractivity (Wildman–Crippen MR) is 69.3 cm³/mol. The Kier molecular flexibility index (Phi) is 5.25. The number of hydrogen-bond donors (Lipinski definition) is 1. The second-order valence-corrected chi connectivity index (χ2v) is 4.38. The lowest BCUT2D eigenvalue weighted by molar-refractivity contribution is 0.230. The van der Waals surface area contributed by atoms with Crippen LogP contribution in [0.3, 0.4) is 0 Å². The van der Waals surface area contributed by atoms with Crippen LogP contribution in [-0.4, -0.2) is 32.3 Å². The molecule has 0 spiro atoms. The Morgan fingerprint density at radius 3 is 2.47 bits per heavy atom. The molecule has 0 heterocycles. The zero-order valence-electron chi connectivity index (χ0n) is 11.3. The molecule has 0 aromatic heterocycles. The highest BCUT2D eigenvalue weighted by atomic mass is 16.5. The topological polar surface area (TPSA) is 33.7 Å². The fourth-order valence-electron chi connectivity index (χ4n) is 1.42. The number of methoxy groups -OCH3 is 1. The molecule has 1 N–H and O–H groups in total. The predicted octanol–water partition coefficient (Wildman–Crippen LogP) is 2.05. The average Bonchev–Trinajstić information content (AvgIpc) is 2.26. The molecule has 0 aliphatic heterocycles. The van der Waals surface area contributed by atoms with E-state index in [4.69, 9.17) is 9.47 Å². The Labute approximate surface area is 103 Å². The standard InChI is InChI=1S/C13H22N2O2/c1-10(2)17-12-7-6-11(8-13(12)16-5)9-14-15(3)4/h6-8,10,14H,9H2,1-5H3. The van der Waals surface area contributed by atoms with Gasteiger partial charge in [0.1, 0.15) is 0 Å². The molecule has 0 aliphatic carbocycles. The van der Waals surface area contributed by atoms with Crippen molar-refractivity contribution in [2.75, 3.05) is 21.2 Å². The van der Waals surface area contributed by atoms with Gasteiger partial charge in [0, 0.05) is 20.6 Å². The average molecular weight is 238 g/mol. The van der Waals surface area contributed by atoms with Crippen LogP contribution >= 0.6 is 0 Å². The van der Waals surface area contributed by atoms with Crippen molar-refractivity contribution in [2.24, 2.45) is 0 Å². The maximum Gasteiger partial charge on any atom is 0.161 e. The fourth-order valence-corrected chi connectivity index (χ4v) is 1.42. The van der Waals surface area contributed by atoms with Crippen molar-refractivity contribution in [1.82, 2.24) is 10.4 Å². The van der Waals surface area contributed by atoms with E-state index in [0.29, 0.717) is 0 Å². The molecule has 0 saturated heterocycles. The molecule has 96 valence electrons. The molecular formula is C13H22N2O2. The van der Waals surface area contributed by atoms with Crippen molar-refractivity contribution in [1.29, 1.82) is 0 Å². The van der Waals surface area contributed by atoms with E-state index in [2.05, 4.69) is 5.43 Å². The maximum absolute atomic E-state index is 5.66. The minimum Gasteiger partial charge on any atom is -0.493 e. The van der Waals surface area contributed by atoms with Gasteiger partial charge in [0.25, 0.3) is 0 Å². The van der Waals surface area contributed by atoms with Gasteiger partial charge < -0.3 is 9.47 Å². The van der Waals surface area contributed by atoms with Gasteiger partial charge in [0.15, 0.2) is 11.5 Å². The van der Waals surface area contributed by atoms with Crippen LogP contribution in [0.1, 0.15) is 19.4 Å². The van der Waals surface area contributed by atoms with Crippen molar-refractivity contribution < 1.29 is 9.47 Å². The van der Waals surface area contributed by atoms with Crippen LogP contribution < -0.4 is 14.9 Å². The monoisotopic (exact) mass is 238 g/mol. The number of nitrogens with zero attached hydrogens (tertiary/aromatic N) is 1. The molecule has 0 saturated carbocycles. The number of rotatable bonds is 6. The van der Waals surface area contributed by atoms with E-state index in [0.717, 1.165) is 23.6 Å². The zero-order valence-corrected chi connectivity index (χ0v) is 11.3. The molecule has 0 atom stereocenters. The molecular weight excluding hydrogens is 216 g/mol. The Bertz CT molecular complexity index is 351. The molecule has 17 heavy (non-hydrogen) atoms. The highest BCUT2D eigenvalue weighted by molar-refractivity contribution is 5.43. The van der Waals surface area contributed by atoms with E-state index in [9.17, 15) is 0 Å².